The van der Waals surface area contributed by atoms with Gasteiger partial charge in [0.1, 0.15) is 0 Å². The zero-order valence-corrected chi connectivity index (χ0v) is 16.5. The molecule has 1 aliphatic rings. The van der Waals surface area contributed by atoms with Gasteiger partial charge in [0.15, 0.2) is 0 Å². The van der Waals surface area contributed by atoms with Gasteiger partial charge in [-0.3, -0.25) is 0 Å². The molecule has 0 saturated heterocycles. The van der Waals surface area contributed by atoms with E-state index in [2.05, 4.69) is 31.8 Å². The quantitative estimate of drug-likeness (QED) is 0.0941. The summed E-state index contributed by atoms with van der Waals surface area (Å²) < 4.78 is 63.2. The average Bonchev–Trinajstić information content (AvgIpc) is 2.68. The van der Waals surface area contributed by atoms with Crippen molar-refractivity contribution in [3.05, 3.63) is 7.11 Å². The summed E-state index contributed by atoms with van der Waals surface area (Å²) in [6.07, 6.45) is 7.50. The van der Waals surface area contributed by atoms with Gasteiger partial charge >= 0.3 is 58.4 Å². The Kier molecular flexibility index (Phi) is 16.6. The molecular formula is C11H25F6O2P2Rh+. The Morgan fingerprint density at radius 1 is 0.909 bits per heavy atom. The van der Waals surface area contributed by atoms with Crippen LogP contribution in [0.4, 0.5) is 25.2 Å². The third-order valence-corrected chi connectivity index (χ3v) is 1.46. The van der Waals surface area contributed by atoms with E-state index in [1.165, 1.54) is 39.0 Å². The molecule has 0 spiro atoms. The molecule has 0 aromatic heterocycles. The fourth-order valence-electron chi connectivity index (χ4n) is 0.884. The van der Waals surface area contributed by atoms with Crippen LogP contribution >= 0.6 is 15.7 Å². The van der Waals surface area contributed by atoms with E-state index in [0.29, 0.717) is 7.92 Å². The molecule has 1 radical (unpaired) electrons. The normalized spacial score (nSPS) is 16.0. The van der Waals surface area contributed by atoms with E-state index in [9.17, 15) is 25.2 Å². The Bertz CT molecular complexity index is 256. The van der Waals surface area contributed by atoms with Crippen LogP contribution in [0.1, 0.15) is 39.0 Å². The molecule has 22 heavy (non-hydrogen) atoms. The number of ether oxygens (including phenoxy) is 1. The molecule has 2 nitrogen and oxygen atoms in total. The molecule has 141 valence electrons. The molecule has 0 amide bonds. The van der Waals surface area contributed by atoms with Gasteiger partial charge in [-0.1, -0.05) is 32.1 Å². The van der Waals surface area contributed by atoms with Crippen molar-refractivity contribution in [3.8, 4) is 0 Å². The third-order valence-electron chi connectivity index (χ3n) is 1.46. The second kappa shape index (κ2) is 12.0. The van der Waals surface area contributed by atoms with Crippen LogP contribution in [0.3, 0.4) is 0 Å². The molecule has 1 rings (SSSR count). The SMILES string of the molecule is C1CCCC1.CP(C)C.F[P-](F)(F)(F)(F)F.[CH2-]OC(C)=[OH+].[Rh+2]. The van der Waals surface area contributed by atoms with E-state index in [4.69, 9.17) is 4.79 Å². The molecule has 0 atom stereocenters. The Morgan fingerprint density at radius 2 is 1.00 bits per heavy atom. The van der Waals surface area contributed by atoms with E-state index >= 15 is 0 Å². The van der Waals surface area contributed by atoms with Gasteiger partial charge in [0.25, 0.3) is 0 Å². The van der Waals surface area contributed by atoms with Gasteiger partial charge in [-0.25, -0.2) is 0 Å². The fourth-order valence-corrected chi connectivity index (χ4v) is 0.884. The standard InChI is InChI=1S/C5H10.C3H5O2.C3H9P.F6P.Rh/c1-2-4-5-3-1;1-3(4)5-2;1-4(2)3;1-7(2,3,4,5)6;/h1-5H2;2H2,1H3;1-3H3;;/q;-1;;-1;+2/p+1. The summed E-state index contributed by atoms with van der Waals surface area (Å²) >= 11 is 0. The molecule has 11 heteroatoms. The summed E-state index contributed by atoms with van der Waals surface area (Å²) in [5.74, 6) is -0.106. The van der Waals surface area contributed by atoms with Crippen LogP contribution in [0.15, 0.2) is 0 Å². The first-order valence-electron chi connectivity index (χ1n) is 6.07. The van der Waals surface area contributed by atoms with Crippen LogP contribution in [-0.2, 0) is 24.2 Å². The Balaban J connectivity index is -0.0000000986. The van der Waals surface area contributed by atoms with Gasteiger partial charge in [-0.2, -0.15) is 0 Å². The van der Waals surface area contributed by atoms with E-state index in [1.807, 2.05) is 0 Å². The molecule has 0 heterocycles. The van der Waals surface area contributed by atoms with Gasteiger partial charge < -0.3 is 9.53 Å². The van der Waals surface area contributed by atoms with Crippen molar-refractivity contribution in [2.24, 2.45) is 0 Å². The number of halogens is 6. The summed E-state index contributed by atoms with van der Waals surface area (Å²) in [6, 6.07) is 0. The van der Waals surface area contributed by atoms with E-state index in [0.717, 1.165) is 0 Å². The van der Waals surface area contributed by atoms with Crippen LogP contribution in [0.2, 0.25) is 0 Å². The van der Waals surface area contributed by atoms with Gasteiger partial charge in [0, 0.05) is 0 Å². The molecule has 1 saturated carbocycles. The van der Waals surface area contributed by atoms with E-state index < -0.39 is 7.81 Å². The Hall–Kier alpha value is 0.533. The Morgan fingerprint density at radius 3 is 1.05 bits per heavy atom. The third kappa shape index (κ3) is 138. The van der Waals surface area contributed by atoms with Crippen molar-refractivity contribution in [2.75, 3.05) is 20.0 Å². The van der Waals surface area contributed by atoms with Gasteiger partial charge in [0.2, 0.25) is 0 Å². The van der Waals surface area contributed by atoms with Crippen molar-refractivity contribution < 1.29 is 54.2 Å². The van der Waals surface area contributed by atoms with Gasteiger partial charge in [0.05, 0.1) is 6.92 Å². The van der Waals surface area contributed by atoms with Crippen LogP contribution in [0.5, 0.6) is 0 Å². The largest absolute Gasteiger partial charge is 2.00 e. The van der Waals surface area contributed by atoms with Gasteiger partial charge in [-0.05, 0) is 27.1 Å². The molecule has 0 aromatic carbocycles. The maximum absolute atomic E-state index is 10.7. The molecular weight excluding hydrogens is 443 g/mol. The second-order valence-electron chi connectivity index (χ2n) is 4.73. The number of carbonyl (C=O) groups excluding carboxylic acids is 1. The van der Waals surface area contributed by atoms with E-state index in [1.54, 1.807) is 0 Å². The first-order chi connectivity index (χ1) is 8.95. The maximum Gasteiger partial charge on any atom is 2.00 e. The maximum atomic E-state index is 9.87. The van der Waals surface area contributed by atoms with Crippen LogP contribution in [0.25, 0.3) is 0 Å². The fraction of sp³-hybridized carbons (Fsp3) is 0.818. The van der Waals surface area contributed by atoms with Crippen molar-refractivity contribution in [3.63, 3.8) is 0 Å². The summed E-state index contributed by atoms with van der Waals surface area (Å²) in [5.41, 5.74) is 0. The van der Waals surface area contributed by atoms with Crippen LogP contribution in [-0.4, -0.2) is 30.8 Å². The predicted octanol–water partition coefficient (Wildman–Crippen LogP) is 7.00. The molecule has 1 N–H and O–H groups in total. The monoisotopic (exact) mass is 468 g/mol. The molecule has 1 fully saturated rings. The summed E-state index contributed by atoms with van der Waals surface area (Å²) in [5, 5.41) is 0. The van der Waals surface area contributed by atoms with Crippen molar-refractivity contribution in [1.82, 2.24) is 0 Å². The smallest absolute Gasteiger partial charge is 0.496 e. The number of hydrogen-bond donors (Lipinski definition) is 0. The molecule has 0 aliphatic heterocycles. The topological polar surface area (TPSA) is 30.6 Å². The molecule has 0 bridgehead atoms. The number of esters is 1. The first-order valence-corrected chi connectivity index (χ1v) is 10.8. The molecule has 0 aromatic rings. The minimum atomic E-state index is -10.7. The zero-order chi connectivity index (χ0) is 17.8. The van der Waals surface area contributed by atoms with E-state index in [-0.39, 0.29) is 25.4 Å². The van der Waals surface area contributed by atoms with Crippen molar-refractivity contribution in [2.45, 2.75) is 39.0 Å². The summed E-state index contributed by atoms with van der Waals surface area (Å²) in [7, 11) is -7.38. The predicted molar refractivity (Wildman–Crippen MR) is 80.4 cm³/mol. The summed E-state index contributed by atoms with van der Waals surface area (Å²) in [4.78, 5) is 7.99. The molecule has 0 unspecified atom stereocenters. The Labute approximate surface area is 142 Å². The average molecular weight is 468 g/mol. The minimum absolute atomic E-state index is 0. The first kappa shape index (κ1) is 30.4. The number of hydrogen-bond acceptors (Lipinski definition) is 1. The second-order valence-corrected chi connectivity index (χ2v) is 9.33. The summed E-state index contributed by atoms with van der Waals surface area (Å²) in [6.45, 7) is 8.10. The zero-order valence-electron chi connectivity index (χ0n) is 13.1. The van der Waals surface area contributed by atoms with Crippen molar-refractivity contribution in [1.29, 1.82) is 0 Å². The van der Waals surface area contributed by atoms with Crippen LogP contribution in [0, 0.1) is 7.11 Å². The van der Waals surface area contributed by atoms with Gasteiger partial charge in [-0.15, -0.1) is 7.92 Å². The molecule has 1 aliphatic carbocycles. The minimum Gasteiger partial charge on any atom is -0.496 e. The van der Waals surface area contributed by atoms with Crippen molar-refractivity contribution >= 4 is 21.7 Å². The van der Waals surface area contributed by atoms with Crippen LogP contribution < -0.4 is 0 Å². The number of rotatable bonds is 0.